The number of rotatable bonds is 7. The zero-order valence-electron chi connectivity index (χ0n) is 12.2. The van der Waals surface area contributed by atoms with Gasteiger partial charge in [-0.05, 0) is 31.5 Å². The topological polar surface area (TPSA) is 67.9 Å². The lowest BCUT2D eigenvalue weighted by molar-refractivity contribution is 0.140. The predicted octanol–water partition coefficient (Wildman–Crippen LogP) is 3.20. The first-order chi connectivity index (χ1) is 10.7. The van der Waals surface area contributed by atoms with Crippen molar-refractivity contribution in [3.05, 3.63) is 33.0 Å². The van der Waals surface area contributed by atoms with Crippen molar-refractivity contribution in [3.63, 3.8) is 0 Å². The number of halogens is 1. The van der Waals surface area contributed by atoms with E-state index in [0.717, 1.165) is 10.9 Å². The lowest BCUT2D eigenvalue weighted by Gasteiger charge is -2.12. The molecule has 0 aliphatic carbocycles. The molecule has 0 amide bonds. The summed E-state index contributed by atoms with van der Waals surface area (Å²) in [5.74, 6) is 0.264. The van der Waals surface area contributed by atoms with Gasteiger partial charge in [-0.3, -0.25) is 9.36 Å². The molecule has 1 aromatic heterocycles. The van der Waals surface area contributed by atoms with Gasteiger partial charge in [-0.15, -0.1) is 0 Å². The van der Waals surface area contributed by atoms with Gasteiger partial charge >= 0.3 is 0 Å². The van der Waals surface area contributed by atoms with E-state index in [0.29, 0.717) is 35.8 Å². The van der Waals surface area contributed by atoms with Crippen LogP contribution in [0.25, 0.3) is 10.9 Å². The molecule has 1 heterocycles. The molecule has 0 radical (unpaired) electrons. The maximum Gasteiger partial charge on any atom is 0.262 e. The number of nitriles is 1. The third kappa shape index (κ3) is 4.09. The second-order valence-corrected chi connectivity index (χ2v) is 6.37. The minimum Gasteiger partial charge on any atom is -0.382 e. The zero-order chi connectivity index (χ0) is 15.9. The van der Waals surface area contributed by atoms with Gasteiger partial charge in [0.25, 0.3) is 5.56 Å². The summed E-state index contributed by atoms with van der Waals surface area (Å²) in [5, 5.41) is 9.93. The molecule has 0 atom stereocenters. The zero-order valence-corrected chi connectivity index (χ0v) is 14.6. The third-order valence-corrected chi connectivity index (χ3v) is 4.36. The van der Waals surface area contributed by atoms with Crippen LogP contribution in [0.3, 0.4) is 0 Å². The first-order valence-corrected chi connectivity index (χ1v) is 8.72. The number of aromatic nitrogens is 2. The highest BCUT2D eigenvalue weighted by Gasteiger charge is 2.11. The van der Waals surface area contributed by atoms with Crippen molar-refractivity contribution in [2.75, 3.05) is 19.0 Å². The van der Waals surface area contributed by atoms with E-state index in [1.54, 1.807) is 10.6 Å². The number of hydrogen-bond acceptors (Lipinski definition) is 5. The normalized spacial score (nSPS) is 10.8. The van der Waals surface area contributed by atoms with Crippen molar-refractivity contribution in [2.45, 2.75) is 25.0 Å². The van der Waals surface area contributed by atoms with Gasteiger partial charge in [-0.2, -0.15) is 5.26 Å². The average Bonchev–Trinajstić information content (AvgIpc) is 2.52. The Kier molecular flexibility index (Phi) is 6.43. The number of nitrogens with zero attached hydrogens (tertiary/aromatic N) is 3. The second-order valence-electron chi connectivity index (χ2n) is 4.51. The lowest BCUT2D eigenvalue weighted by atomic mass is 10.2. The molecule has 7 heteroatoms. The highest BCUT2D eigenvalue weighted by molar-refractivity contribution is 9.10. The van der Waals surface area contributed by atoms with Gasteiger partial charge in [0, 0.05) is 24.2 Å². The van der Waals surface area contributed by atoms with Crippen LogP contribution in [0.2, 0.25) is 0 Å². The standard InChI is InChI=1S/C15H16BrN3O2S/c1-2-21-8-3-7-19-14(20)12-10-11(16)4-5-13(12)18-15(19)22-9-6-17/h4-5,10H,2-3,7-9H2,1H3. The molecule has 0 aliphatic heterocycles. The van der Waals surface area contributed by atoms with Crippen molar-refractivity contribution >= 4 is 38.6 Å². The van der Waals surface area contributed by atoms with E-state index < -0.39 is 0 Å². The van der Waals surface area contributed by atoms with Crippen LogP contribution in [0.1, 0.15) is 13.3 Å². The highest BCUT2D eigenvalue weighted by atomic mass is 79.9. The van der Waals surface area contributed by atoms with E-state index in [1.165, 1.54) is 11.8 Å². The number of benzene rings is 1. The van der Waals surface area contributed by atoms with Gasteiger partial charge in [-0.25, -0.2) is 4.98 Å². The maximum atomic E-state index is 12.7. The maximum absolute atomic E-state index is 12.7. The number of thioether (sulfide) groups is 1. The monoisotopic (exact) mass is 381 g/mol. The van der Waals surface area contributed by atoms with Gasteiger partial charge in [0.05, 0.1) is 22.7 Å². The summed E-state index contributed by atoms with van der Waals surface area (Å²) in [5.41, 5.74) is 0.568. The van der Waals surface area contributed by atoms with Crippen molar-refractivity contribution in [3.8, 4) is 6.07 Å². The summed E-state index contributed by atoms with van der Waals surface area (Å²) in [6.45, 7) is 3.73. The Labute approximate surface area is 141 Å². The molecule has 0 N–H and O–H groups in total. The van der Waals surface area contributed by atoms with Crippen LogP contribution < -0.4 is 5.56 Å². The minimum absolute atomic E-state index is 0.0803. The molecule has 0 bridgehead atoms. The molecule has 0 spiro atoms. The van der Waals surface area contributed by atoms with E-state index >= 15 is 0 Å². The van der Waals surface area contributed by atoms with E-state index in [1.807, 2.05) is 19.1 Å². The second kappa shape index (κ2) is 8.32. The van der Waals surface area contributed by atoms with Crippen LogP contribution in [0, 0.1) is 11.3 Å². The molecule has 0 unspecified atom stereocenters. The number of fused-ring (bicyclic) bond motifs is 1. The van der Waals surface area contributed by atoms with E-state index in [9.17, 15) is 4.79 Å². The average molecular weight is 382 g/mol. The van der Waals surface area contributed by atoms with Gasteiger partial charge in [0.2, 0.25) is 0 Å². The van der Waals surface area contributed by atoms with E-state index in [2.05, 4.69) is 27.0 Å². The summed E-state index contributed by atoms with van der Waals surface area (Å²) in [7, 11) is 0. The molecule has 0 fully saturated rings. The molecular weight excluding hydrogens is 366 g/mol. The summed E-state index contributed by atoms with van der Waals surface area (Å²) >= 11 is 4.66. The summed E-state index contributed by atoms with van der Waals surface area (Å²) in [6.07, 6.45) is 0.731. The van der Waals surface area contributed by atoms with Crippen LogP contribution >= 0.6 is 27.7 Å². The Morgan fingerprint density at radius 1 is 1.50 bits per heavy atom. The van der Waals surface area contributed by atoms with Crippen molar-refractivity contribution < 1.29 is 4.74 Å². The molecule has 0 saturated heterocycles. The quantitative estimate of drug-likeness (QED) is 0.418. The van der Waals surface area contributed by atoms with Crippen LogP contribution in [-0.2, 0) is 11.3 Å². The number of ether oxygens (including phenoxy) is 1. The molecule has 2 rings (SSSR count). The Hall–Kier alpha value is -1.36. The van der Waals surface area contributed by atoms with Crippen molar-refractivity contribution in [1.29, 1.82) is 5.26 Å². The Morgan fingerprint density at radius 2 is 2.32 bits per heavy atom. The van der Waals surface area contributed by atoms with E-state index in [-0.39, 0.29) is 11.3 Å². The summed E-state index contributed by atoms with van der Waals surface area (Å²) < 4.78 is 7.80. The summed E-state index contributed by atoms with van der Waals surface area (Å²) in [4.78, 5) is 17.2. The van der Waals surface area contributed by atoms with E-state index in [4.69, 9.17) is 10.00 Å². The fourth-order valence-electron chi connectivity index (χ4n) is 2.05. The molecule has 116 valence electrons. The predicted molar refractivity (Wildman–Crippen MR) is 91.2 cm³/mol. The van der Waals surface area contributed by atoms with Crippen LogP contribution in [0.15, 0.2) is 32.6 Å². The highest BCUT2D eigenvalue weighted by Crippen LogP contribution is 2.20. The third-order valence-electron chi connectivity index (χ3n) is 3.02. The van der Waals surface area contributed by atoms with Gasteiger partial charge in [0.1, 0.15) is 0 Å². The van der Waals surface area contributed by atoms with Gasteiger partial charge < -0.3 is 4.74 Å². The fraction of sp³-hybridized carbons (Fsp3) is 0.400. The first kappa shape index (κ1) is 17.0. The smallest absolute Gasteiger partial charge is 0.262 e. The fourth-order valence-corrected chi connectivity index (χ4v) is 3.09. The summed E-state index contributed by atoms with van der Waals surface area (Å²) in [6, 6.07) is 7.51. The Morgan fingerprint density at radius 3 is 3.05 bits per heavy atom. The molecule has 22 heavy (non-hydrogen) atoms. The van der Waals surface area contributed by atoms with Gasteiger partial charge in [-0.1, -0.05) is 27.7 Å². The van der Waals surface area contributed by atoms with Crippen molar-refractivity contribution in [1.82, 2.24) is 9.55 Å². The molecule has 5 nitrogen and oxygen atoms in total. The largest absolute Gasteiger partial charge is 0.382 e. The molecule has 0 saturated carbocycles. The first-order valence-electron chi connectivity index (χ1n) is 6.95. The molecule has 2 aromatic rings. The van der Waals surface area contributed by atoms with Gasteiger partial charge in [0.15, 0.2) is 5.16 Å². The molecule has 0 aliphatic rings. The Bertz CT molecular complexity index is 755. The molecule has 1 aromatic carbocycles. The van der Waals surface area contributed by atoms with Crippen LogP contribution in [-0.4, -0.2) is 28.5 Å². The SMILES string of the molecule is CCOCCCn1c(SCC#N)nc2ccc(Br)cc2c1=O. The van der Waals surface area contributed by atoms with Crippen molar-refractivity contribution in [2.24, 2.45) is 0 Å². The van der Waals surface area contributed by atoms with Crippen LogP contribution in [0.4, 0.5) is 0 Å². The minimum atomic E-state index is -0.0803. The molecular formula is C15H16BrN3O2S. The van der Waals surface area contributed by atoms with Crippen LogP contribution in [0.5, 0.6) is 0 Å². The number of hydrogen-bond donors (Lipinski definition) is 0. The Balaban J connectivity index is 2.41. The lowest BCUT2D eigenvalue weighted by Crippen LogP contribution is -2.24.